The molecule has 1 N–H and O–H groups in total. The standard InChI is InChI=1S/C17H27N5OS/c1-5-13-19-15(23-22-13)11-6-8-12(9-7-11)18-10-14-20-21-16(24-14)17(2,3)4/h11-12,18H,5-10H2,1-4H3. The first-order valence-electron chi connectivity index (χ1n) is 8.84. The first-order valence-corrected chi connectivity index (χ1v) is 9.66. The lowest BCUT2D eigenvalue weighted by atomic mass is 9.86. The van der Waals surface area contributed by atoms with E-state index in [9.17, 15) is 0 Å². The van der Waals surface area contributed by atoms with Crippen molar-refractivity contribution in [3.05, 3.63) is 21.7 Å². The molecule has 1 saturated carbocycles. The number of rotatable bonds is 5. The van der Waals surface area contributed by atoms with Crippen LogP contribution >= 0.6 is 11.3 Å². The lowest BCUT2D eigenvalue weighted by Crippen LogP contribution is -2.32. The highest BCUT2D eigenvalue weighted by atomic mass is 32.1. The molecule has 1 fully saturated rings. The van der Waals surface area contributed by atoms with E-state index in [1.165, 1.54) is 0 Å². The minimum Gasteiger partial charge on any atom is -0.339 e. The lowest BCUT2D eigenvalue weighted by molar-refractivity contribution is 0.281. The molecule has 0 spiro atoms. The number of aryl methyl sites for hydroxylation is 1. The van der Waals surface area contributed by atoms with E-state index in [0.29, 0.717) is 12.0 Å². The van der Waals surface area contributed by atoms with Crippen LogP contribution in [0.5, 0.6) is 0 Å². The van der Waals surface area contributed by atoms with Crippen LogP contribution in [0.1, 0.15) is 81.0 Å². The molecule has 0 amide bonds. The highest BCUT2D eigenvalue weighted by Gasteiger charge is 2.26. The monoisotopic (exact) mass is 349 g/mol. The maximum atomic E-state index is 5.40. The second-order valence-corrected chi connectivity index (χ2v) is 8.64. The summed E-state index contributed by atoms with van der Waals surface area (Å²) in [7, 11) is 0. The van der Waals surface area contributed by atoms with Gasteiger partial charge in [-0.2, -0.15) is 4.98 Å². The summed E-state index contributed by atoms with van der Waals surface area (Å²) in [6.45, 7) is 9.38. The Hall–Kier alpha value is -1.34. The first kappa shape index (κ1) is 17.5. The van der Waals surface area contributed by atoms with Crippen LogP contribution < -0.4 is 5.32 Å². The highest BCUT2D eigenvalue weighted by Crippen LogP contribution is 2.32. The van der Waals surface area contributed by atoms with Crippen LogP contribution in [0.4, 0.5) is 0 Å². The van der Waals surface area contributed by atoms with Crippen molar-refractivity contribution in [3.63, 3.8) is 0 Å². The summed E-state index contributed by atoms with van der Waals surface area (Å²) >= 11 is 1.71. The molecule has 0 radical (unpaired) electrons. The summed E-state index contributed by atoms with van der Waals surface area (Å²) in [5, 5.41) is 18.5. The van der Waals surface area contributed by atoms with Gasteiger partial charge in [-0.05, 0) is 25.7 Å². The second-order valence-electron chi connectivity index (χ2n) is 7.58. The predicted molar refractivity (Wildman–Crippen MR) is 94.1 cm³/mol. The minimum absolute atomic E-state index is 0.0788. The molecule has 24 heavy (non-hydrogen) atoms. The van der Waals surface area contributed by atoms with E-state index in [4.69, 9.17) is 4.52 Å². The van der Waals surface area contributed by atoms with E-state index in [0.717, 1.165) is 60.4 Å². The fourth-order valence-corrected chi connectivity index (χ4v) is 3.83. The number of nitrogens with one attached hydrogen (secondary N) is 1. The van der Waals surface area contributed by atoms with Crippen LogP contribution in [-0.2, 0) is 18.4 Å². The summed E-state index contributed by atoms with van der Waals surface area (Å²) in [6, 6.07) is 0.539. The zero-order valence-electron chi connectivity index (χ0n) is 15.0. The predicted octanol–water partition coefficient (Wildman–Crippen LogP) is 3.60. The molecule has 1 aliphatic carbocycles. The van der Waals surface area contributed by atoms with Gasteiger partial charge in [0.25, 0.3) is 0 Å². The molecular formula is C17H27N5OS. The second kappa shape index (κ2) is 7.27. The van der Waals surface area contributed by atoms with Crippen LogP contribution in [0, 0.1) is 0 Å². The SMILES string of the molecule is CCc1noc(C2CCC(NCc3nnc(C(C)(C)C)s3)CC2)n1. The molecule has 0 unspecified atom stereocenters. The van der Waals surface area contributed by atoms with Crippen LogP contribution in [0.3, 0.4) is 0 Å². The van der Waals surface area contributed by atoms with Crippen molar-refractivity contribution in [2.75, 3.05) is 0 Å². The largest absolute Gasteiger partial charge is 0.339 e. The van der Waals surface area contributed by atoms with Crippen LogP contribution in [0.2, 0.25) is 0 Å². The third kappa shape index (κ3) is 4.19. The van der Waals surface area contributed by atoms with E-state index in [-0.39, 0.29) is 5.41 Å². The molecular weight excluding hydrogens is 322 g/mol. The molecule has 0 atom stereocenters. The van der Waals surface area contributed by atoms with Crippen molar-refractivity contribution in [1.29, 1.82) is 0 Å². The molecule has 0 bridgehead atoms. The van der Waals surface area contributed by atoms with Gasteiger partial charge >= 0.3 is 0 Å². The Balaban J connectivity index is 1.46. The maximum absolute atomic E-state index is 5.40. The molecule has 0 aliphatic heterocycles. The average molecular weight is 350 g/mol. The Bertz CT molecular complexity index is 652. The van der Waals surface area contributed by atoms with Crippen LogP contribution in [0.25, 0.3) is 0 Å². The fourth-order valence-electron chi connectivity index (χ4n) is 2.98. The number of aromatic nitrogens is 4. The Labute approximate surface area is 147 Å². The third-order valence-electron chi connectivity index (χ3n) is 4.53. The fraction of sp³-hybridized carbons (Fsp3) is 0.765. The zero-order chi connectivity index (χ0) is 17.2. The van der Waals surface area contributed by atoms with E-state index in [1.807, 2.05) is 6.92 Å². The summed E-state index contributed by atoms with van der Waals surface area (Å²) in [6.07, 6.45) is 5.32. The summed E-state index contributed by atoms with van der Waals surface area (Å²) in [5.41, 5.74) is 0.0788. The Kier molecular flexibility index (Phi) is 5.30. The molecule has 0 saturated heterocycles. The van der Waals surface area contributed by atoms with Crippen molar-refractivity contribution >= 4 is 11.3 Å². The quantitative estimate of drug-likeness (QED) is 0.889. The first-order chi connectivity index (χ1) is 11.5. The van der Waals surface area contributed by atoms with E-state index >= 15 is 0 Å². The van der Waals surface area contributed by atoms with Crippen molar-refractivity contribution in [2.45, 2.75) is 83.7 Å². The van der Waals surface area contributed by atoms with Gasteiger partial charge in [0.2, 0.25) is 5.89 Å². The number of hydrogen-bond donors (Lipinski definition) is 1. The van der Waals surface area contributed by atoms with Crippen LogP contribution in [-0.4, -0.2) is 26.4 Å². The van der Waals surface area contributed by atoms with E-state index in [2.05, 4.69) is 46.4 Å². The molecule has 2 aromatic heterocycles. The lowest BCUT2D eigenvalue weighted by Gasteiger charge is -2.26. The average Bonchev–Trinajstić information content (AvgIpc) is 3.22. The van der Waals surface area contributed by atoms with Gasteiger partial charge < -0.3 is 9.84 Å². The summed E-state index contributed by atoms with van der Waals surface area (Å²) in [5.74, 6) is 2.06. The normalized spacial score (nSPS) is 22.0. The smallest absolute Gasteiger partial charge is 0.229 e. The van der Waals surface area contributed by atoms with Crippen molar-refractivity contribution in [3.8, 4) is 0 Å². The van der Waals surface area contributed by atoms with Gasteiger partial charge in [0.15, 0.2) is 5.82 Å². The molecule has 6 nitrogen and oxygen atoms in total. The molecule has 3 rings (SSSR count). The van der Waals surface area contributed by atoms with Gasteiger partial charge in [0, 0.05) is 30.3 Å². The molecule has 0 aromatic carbocycles. The third-order valence-corrected chi connectivity index (χ3v) is 5.88. The summed E-state index contributed by atoms with van der Waals surface area (Å²) < 4.78 is 5.40. The Morgan fingerprint density at radius 2 is 1.92 bits per heavy atom. The molecule has 2 heterocycles. The number of hydrogen-bond acceptors (Lipinski definition) is 7. The van der Waals surface area contributed by atoms with E-state index < -0.39 is 0 Å². The van der Waals surface area contributed by atoms with Gasteiger partial charge in [-0.1, -0.05) is 44.2 Å². The molecule has 2 aromatic rings. The van der Waals surface area contributed by atoms with Gasteiger partial charge in [0.1, 0.15) is 10.0 Å². The number of nitrogens with zero attached hydrogens (tertiary/aromatic N) is 4. The van der Waals surface area contributed by atoms with Gasteiger partial charge in [-0.15, -0.1) is 10.2 Å². The van der Waals surface area contributed by atoms with E-state index in [1.54, 1.807) is 11.3 Å². The highest BCUT2D eigenvalue weighted by molar-refractivity contribution is 7.11. The van der Waals surface area contributed by atoms with Crippen molar-refractivity contribution in [1.82, 2.24) is 25.7 Å². The van der Waals surface area contributed by atoms with Crippen molar-refractivity contribution < 1.29 is 4.52 Å². The van der Waals surface area contributed by atoms with Crippen LogP contribution in [0.15, 0.2) is 4.52 Å². The Morgan fingerprint density at radius 1 is 1.17 bits per heavy atom. The van der Waals surface area contributed by atoms with Gasteiger partial charge in [0.05, 0.1) is 0 Å². The minimum atomic E-state index is 0.0788. The summed E-state index contributed by atoms with van der Waals surface area (Å²) in [4.78, 5) is 4.48. The van der Waals surface area contributed by atoms with Gasteiger partial charge in [-0.3, -0.25) is 0 Å². The molecule has 132 valence electrons. The van der Waals surface area contributed by atoms with Crippen molar-refractivity contribution in [2.24, 2.45) is 0 Å². The molecule has 1 aliphatic rings. The van der Waals surface area contributed by atoms with Gasteiger partial charge in [-0.25, -0.2) is 0 Å². The zero-order valence-corrected chi connectivity index (χ0v) is 15.8. The topological polar surface area (TPSA) is 76.7 Å². The Morgan fingerprint density at radius 3 is 2.50 bits per heavy atom. The maximum Gasteiger partial charge on any atom is 0.229 e. The molecule has 7 heteroatoms.